The van der Waals surface area contributed by atoms with Crippen molar-refractivity contribution in [2.45, 2.75) is 6.92 Å². The predicted molar refractivity (Wildman–Crippen MR) is 91.3 cm³/mol. The second-order valence-corrected chi connectivity index (χ2v) is 6.05. The maximum absolute atomic E-state index is 12.1. The van der Waals surface area contributed by atoms with Gasteiger partial charge < -0.3 is 9.15 Å². The molecule has 2 aromatic carbocycles. The van der Waals surface area contributed by atoms with Gasteiger partial charge in [0, 0.05) is 21.1 Å². The first kappa shape index (κ1) is 14.8. The molecule has 3 rings (SSSR count). The van der Waals surface area contributed by atoms with Crippen LogP contribution in [0.5, 0.6) is 5.75 Å². The Morgan fingerprint density at radius 3 is 2.55 bits per heavy atom. The van der Waals surface area contributed by atoms with Crippen LogP contribution in [0.1, 0.15) is 15.9 Å². The smallest absolute Gasteiger partial charge is 0.343 e. The van der Waals surface area contributed by atoms with Crippen molar-refractivity contribution < 1.29 is 13.9 Å². The first-order chi connectivity index (χ1) is 10.5. The van der Waals surface area contributed by atoms with Gasteiger partial charge in [-0.15, -0.1) is 0 Å². The van der Waals surface area contributed by atoms with Gasteiger partial charge >= 0.3 is 11.6 Å². The van der Waals surface area contributed by atoms with E-state index in [4.69, 9.17) is 9.15 Å². The monoisotopic (exact) mass is 406 g/mol. The minimum Gasteiger partial charge on any atom is -0.423 e. The molecule has 0 atom stereocenters. The number of hydrogen-bond donors (Lipinski definition) is 0. The fourth-order valence-corrected chi connectivity index (χ4v) is 2.48. The van der Waals surface area contributed by atoms with Crippen LogP contribution in [0.4, 0.5) is 0 Å². The average Bonchev–Trinajstić information content (AvgIpc) is 2.47. The van der Waals surface area contributed by atoms with Gasteiger partial charge in [-0.05, 0) is 71.5 Å². The molecule has 0 saturated heterocycles. The SMILES string of the molecule is Cc1cc(=O)oc2cc(OC(=O)c3ccc(I)cc3)ccc12. The minimum absolute atomic E-state index is 0.338. The highest BCUT2D eigenvalue weighted by molar-refractivity contribution is 14.1. The predicted octanol–water partition coefficient (Wildman–Crippen LogP) is 3.93. The Balaban J connectivity index is 1.92. The van der Waals surface area contributed by atoms with Crippen LogP contribution >= 0.6 is 22.6 Å². The van der Waals surface area contributed by atoms with Crippen molar-refractivity contribution in [3.63, 3.8) is 0 Å². The number of fused-ring (bicyclic) bond motifs is 1. The molecular formula is C17H11IO4. The molecule has 0 spiro atoms. The largest absolute Gasteiger partial charge is 0.423 e. The number of carbonyl (C=O) groups excluding carboxylic acids is 1. The van der Waals surface area contributed by atoms with Crippen LogP contribution < -0.4 is 10.4 Å². The molecule has 1 heterocycles. The van der Waals surface area contributed by atoms with Crippen LogP contribution in [0.3, 0.4) is 0 Å². The molecule has 0 bridgehead atoms. The molecule has 0 N–H and O–H groups in total. The van der Waals surface area contributed by atoms with Crippen molar-refractivity contribution in [2.75, 3.05) is 0 Å². The van der Waals surface area contributed by atoms with Crippen molar-refractivity contribution in [1.82, 2.24) is 0 Å². The van der Waals surface area contributed by atoms with Crippen LogP contribution in [0.2, 0.25) is 0 Å². The third-order valence-electron chi connectivity index (χ3n) is 3.21. The Hall–Kier alpha value is -2.15. The molecule has 4 nitrogen and oxygen atoms in total. The van der Waals surface area contributed by atoms with E-state index in [2.05, 4.69) is 22.6 Å². The summed E-state index contributed by atoms with van der Waals surface area (Å²) >= 11 is 2.16. The lowest BCUT2D eigenvalue weighted by atomic mass is 10.1. The number of halogens is 1. The average molecular weight is 406 g/mol. The van der Waals surface area contributed by atoms with E-state index in [1.54, 1.807) is 30.3 Å². The molecule has 0 fully saturated rings. The Morgan fingerprint density at radius 2 is 1.82 bits per heavy atom. The van der Waals surface area contributed by atoms with Crippen LogP contribution in [-0.2, 0) is 0 Å². The standard InChI is InChI=1S/C17H11IO4/c1-10-8-16(19)22-15-9-13(6-7-14(10)15)21-17(20)11-2-4-12(18)5-3-11/h2-9H,1H3. The summed E-state index contributed by atoms with van der Waals surface area (Å²) in [4.78, 5) is 23.5. The fraction of sp³-hybridized carbons (Fsp3) is 0.0588. The Bertz CT molecular complexity index is 910. The van der Waals surface area contributed by atoms with E-state index in [9.17, 15) is 9.59 Å². The van der Waals surface area contributed by atoms with Gasteiger partial charge in [-0.25, -0.2) is 9.59 Å². The number of aryl methyl sites for hydroxylation is 1. The number of rotatable bonds is 2. The summed E-state index contributed by atoms with van der Waals surface area (Å²) in [6, 6.07) is 13.5. The van der Waals surface area contributed by atoms with Gasteiger partial charge in [0.25, 0.3) is 0 Å². The summed E-state index contributed by atoms with van der Waals surface area (Å²) in [6.45, 7) is 1.83. The van der Waals surface area contributed by atoms with Gasteiger partial charge in [0.15, 0.2) is 0 Å². The summed E-state index contributed by atoms with van der Waals surface area (Å²) in [7, 11) is 0. The number of ether oxygens (including phenoxy) is 1. The first-order valence-electron chi connectivity index (χ1n) is 6.55. The second kappa shape index (κ2) is 5.92. The molecule has 0 radical (unpaired) electrons. The van der Waals surface area contributed by atoms with Gasteiger partial charge in [0.05, 0.1) is 5.56 Å². The van der Waals surface area contributed by atoms with Crippen LogP contribution in [0, 0.1) is 10.5 Å². The highest BCUT2D eigenvalue weighted by atomic mass is 127. The van der Waals surface area contributed by atoms with Gasteiger partial charge in [0.1, 0.15) is 11.3 Å². The van der Waals surface area contributed by atoms with Crippen LogP contribution in [-0.4, -0.2) is 5.97 Å². The zero-order valence-corrected chi connectivity index (χ0v) is 13.8. The molecule has 22 heavy (non-hydrogen) atoms. The Kier molecular flexibility index (Phi) is 3.98. The topological polar surface area (TPSA) is 56.5 Å². The number of esters is 1. The summed E-state index contributed by atoms with van der Waals surface area (Å²) < 4.78 is 11.5. The number of hydrogen-bond acceptors (Lipinski definition) is 4. The molecule has 5 heteroatoms. The zero-order chi connectivity index (χ0) is 15.7. The van der Waals surface area contributed by atoms with Crippen LogP contribution in [0.15, 0.2) is 57.7 Å². The summed E-state index contributed by atoms with van der Waals surface area (Å²) in [5.74, 6) is -0.115. The number of carbonyl (C=O) groups is 1. The van der Waals surface area contributed by atoms with E-state index in [-0.39, 0.29) is 0 Å². The third kappa shape index (κ3) is 3.04. The molecule has 0 unspecified atom stereocenters. The van der Waals surface area contributed by atoms with Crippen molar-refractivity contribution >= 4 is 39.5 Å². The summed E-state index contributed by atoms with van der Waals surface area (Å²) in [6.07, 6.45) is 0. The molecule has 0 saturated carbocycles. The van der Waals surface area contributed by atoms with E-state index < -0.39 is 11.6 Å². The van der Waals surface area contributed by atoms with Crippen molar-refractivity contribution in [3.8, 4) is 5.75 Å². The Morgan fingerprint density at radius 1 is 1.09 bits per heavy atom. The molecule has 0 aliphatic heterocycles. The maximum Gasteiger partial charge on any atom is 0.343 e. The Labute approximate surface area is 139 Å². The highest BCUT2D eigenvalue weighted by Crippen LogP contribution is 2.23. The highest BCUT2D eigenvalue weighted by Gasteiger charge is 2.10. The lowest BCUT2D eigenvalue weighted by Crippen LogP contribution is -2.08. The minimum atomic E-state index is -0.453. The van der Waals surface area contributed by atoms with Crippen molar-refractivity contribution in [3.05, 3.63) is 73.6 Å². The maximum atomic E-state index is 12.1. The van der Waals surface area contributed by atoms with Gasteiger partial charge in [-0.1, -0.05) is 0 Å². The fourth-order valence-electron chi connectivity index (χ4n) is 2.12. The molecule has 0 aliphatic carbocycles. The summed E-state index contributed by atoms with van der Waals surface area (Å²) in [5.41, 5.74) is 1.26. The molecular weight excluding hydrogens is 395 g/mol. The van der Waals surface area contributed by atoms with Crippen LogP contribution in [0.25, 0.3) is 11.0 Å². The van der Waals surface area contributed by atoms with Gasteiger partial charge in [-0.2, -0.15) is 0 Å². The van der Waals surface area contributed by atoms with Gasteiger partial charge in [0.2, 0.25) is 0 Å². The second-order valence-electron chi connectivity index (χ2n) is 4.80. The molecule has 110 valence electrons. The molecule has 0 amide bonds. The lowest BCUT2D eigenvalue weighted by molar-refractivity contribution is 0.0735. The van der Waals surface area contributed by atoms with E-state index >= 15 is 0 Å². The molecule has 0 aliphatic rings. The molecule has 3 aromatic rings. The number of benzene rings is 2. The van der Waals surface area contributed by atoms with Crippen molar-refractivity contribution in [2.24, 2.45) is 0 Å². The van der Waals surface area contributed by atoms with E-state index in [1.807, 2.05) is 19.1 Å². The van der Waals surface area contributed by atoms with Crippen molar-refractivity contribution in [1.29, 1.82) is 0 Å². The van der Waals surface area contributed by atoms with E-state index in [0.29, 0.717) is 16.9 Å². The third-order valence-corrected chi connectivity index (χ3v) is 3.93. The quantitative estimate of drug-likeness (QED) is 0.280. The molecule has 1 aromatic heterocycles. The first-order valence-corrected chi connectivity index (χ1v) is 7.63. The zero-order valence-electron chi connectivity index (χ0n) is 11.6. The van der Waals surface area contributed by atoms with E-state index in [0.717, 1.165) is 14.5 Å². The van der Waals surface area contributed by atoms with E-state index in [1.165, 1.54) is 6.07 Å². The lowest BCUT2D eigenvalue weighted by Gasteiger charge is -2.06. The van der Waals surface area contributed by atoms with Gasteiger partial charge in [-0.3, -0.25) is 0 Å². The summed E-state index contributed by atoms with van der Waals surface area (Å²) in [5, 5.41) is 0.814. The normalized spacial score (nSPS) is 10.6.